The summed E-state index contributed by atoms with van der Waals surface area (Å²) in [6.07, 6.45) is 0.943. The van der Waals surface area contributed by atoms with Crippen LogP contribution < -0.4 is 27.2 Å². The lowest BCUT2D eigenvalue weighted by molar-refractivity contribution is -0.175. The predicted octanol–water partition coefficient (Wildman–Crippen LogP) is 3.02. The third kappa shape index (κ3) is 8.50. The zero-order valence-corrected chi connectivity index (χ0v) is 32.5. The molecule has 6 N–H and O–H groups in total. The smallest absolute Gasteiger partial charge is 0.508 e. The van der Waals surface area contributed by atoms with Crippen molar-refractivity contribution in [2.24, 2.45) is 5.73 Å². The second-order valence-electron chi connectivity index (χ2n) is 13.9. The third-order valence-corrected chi connectivity index (χ3v) is 10.3. The molecule has 0 saturated carbocycles. The minimum absolute atomic E-state index is 0.0561. The maximum absolute atomic E-state index is 14.0. The monoisotopic (exact) mass is 798 g/mol. The number of hydrogen-bond acceptors (Lipinski definition) is 13. The van der Waals surface area contributed by atoms with Crippen molar-refractivity contribution in [2.75, 3.05) is 32.1 Å². The number of benzene rings is 2. The highest BCUT2D eigenvalue weighted by molar-refractivity contribution is 5.97. The van der Waals surface area contributed by atoms with E-state index >= 15 is 0 Å². The number of esters is 1. The molecule has 2 aliphatic rings. The van der Waals surface area contributed by atoms with Crippen molar-refractivity contribution in [1.29, 1.82) is 0 Å². The van der Waals surface area contributed by atoms with Gasteiger partial charge in [0.15, 0.2) is 0 Å². The van der Waals surface area contributed by atoms with Gasteiger partial charge >= 0.3 is 12.1 Å². The number of aromatic nitrogens is 2. The second kappa shape index (κ2) is 17.9. The number of hydrogen-bond donors (Lipinski definition) is 5. The number of ether oxygens (including phenoxy) is 4. The van der Waals surface area contributed by atoms with Crippen LogP contribution in [0.3, 0.4) is 0 Å². The Kier molecular flexibility index (Phi) is 12.7. The summed E-state index contributed by atoms with van der Waals surface area (Å²) in [5, 5.41) is 18.7. The van der Waals surface area contributed by atoms with Crippen LogP contribution in [0.1, 0.15) is 67.3 Å². The summed E-state index contributed by atoms with van der Waals surface area (Å²) < 4.78 is 23.3. The molecule has 17 heteroatoms. The normalized spacial score (nSPS) is 15.7. The van der Waals surface area contributed by atoms with Gasteiger partial charge in [-0.05, 0) is 86.2 Å². The van der Waals surface area contributed by atoms with E-state index in [2.05, 4.69) is 16.0 Å². The number of nitrogens with zero attached hydrogens (tertiary/aromatic N) is 2. The molecule has 2 aromatic carbocycles. The number of pyridine rings is 2. The molecule has 4 aromatic rings. The number of likely N-dealkylation sites (N-methyl/N-ethyl adjacent to an activating group) is 1. The molecule has 0 bridgehead atoms. The van der Waals surface area contributed by atoms with E-state index in [1.807, 2.05) is 6.92 Å². The predicted molar refractivity (Wildman–Crippen MR) is 209 cm³/mol. The van der Waals surface area contributed by atoms with Crippen molar-refractivity contribution >= 4 is 46.4 Å². The number of amides is 3. The van der Waals surface area contributed by atoms with E-state index in [-0.39, 0.29) is 49.7 Å². The maximum atomic E-state index is 14.0. The number of carbonyl (C=O) groups is 5. The SMILES string of the molecule is CCc1c2c(nc3ccc(O)cc13)-c1cc3c(c(=O)n1C2)COC(=O)[C@@]3(CC)OC(=O)OCc1ccc(NC(=O)[C@H](CCCCN)NC(=O)COCC(=O)NC)cc1. The van der Waals surface area contributed by atoms with E-state index in [1.165, 1.54) is 7.05 Å². The molecule has 0 unspecified atom stereocenters. The van der Waals surface area contributed by atoms with Crippen molar-refractivity contribution < 1.29 is 48.0 Å². The minimum Gasteiger partial charge on any atom is -0.508 e. The van der Waals surface area contributed by atoms with Crippen LogP contribution in [0.5, 0.6) is 5.75 Å². The number of phenols is 1. The molecule has 306 valence electrons. The molecule has 0 radical (unpaired) electrons. The number of carbonyl (C=O) groups excluding carboxylic acids is 5. The molecule has 58 heavy (non-hydrogen) atoms. The topological polar surface area (TPSA) is 240 Å². The fraction of sp³-hybridized carbons (Fsp3) is 0.390. The number of nitrogens with one attached hydrogen (secondary N) is 3. The fourth-order valence-corrected chi connectivity index (χ4v) is 7.24. The average Bonchev–Trinajstić information content (AvgIpc) is 3.58. The lowest BCUT2D eigenvalue weighted by Crippen LogP contribution is -2.47. The van der Waals surface area contributed by atoms with Gasteiger partial charge in [0, 0.05) is 29.2 Å². The lowest BCUT2D eigenvalue weighted by atomic mass is 9.85. The Morgan fingerprint density at radius 2 is 1.78 bits per heavy atom. The Balaban J connectivity index is 1.14. The van der Waals surface area contributed by atoms with Gasteiger partial charge in [-0.15, -0.1) is 0 Å². The van der Waals surface area contributed by atoms with Gasteiger partial charge in [-0.3, -0.25) is 19.2 Å². The zero-order chi connectivity index (χ0) is 41.6. The number of phenolic OH excluding ortho intramolecular Hbond substituents is 1. The van der Waals surface area contributed by atoms with Crippen LogP contribution >= 0.6 is 0 Å². The highest BCUT2D eigenvalue weighted by atomic mass is 16.7. The van der Waals surface area contributed by atoms with Crippen molar-refractivity contribution in [2.45, 2.75) is 77.4 Å². The summed E-state index contributed by atoms with van der Waals surface area (Å²) in [6.45, 7) is 3.02. The number of aryl methyl sites for hydroxylation is 1. The van der Waals surface area contributed by atoms with Crippen molar-refractivity contribution in [3.63, 3.8) is 0 Å². The Bertz CT molecular complexity index is 2310. The highest BCUT2D eigenvalue weighted by Crippen LogP contribution is 2.42. The van der Waals surface area contributed by atoms with Gasteiger partial charge in [0.2, 0.25) is 23.3 Å². The number of fused-ring (bicyclic) bond motifs is 5. The molecule has 2 atom stereocenters. The van der Waals surface area contributed by atoms with Gasteiger partial charge in [-0.2, -0.15) is 0 Å². The van der Waals surface area contributed by atoms with E-state index in [0.717, 1.165) is 16.5 Å². The summed E-state index contributed by atoms with van der Waals surface area (Å²) in [7, 11) is 1.44. The van der Waals surface area contributed by atoms with Crippen LogP contribution in [0.25, 0.3) is 22.3 Å². The largest absolute Gasteiger partial charge is 0.510 e. The third-order valence-electron chi connectivity index (χ3n) is 10.3. The average molecular weight is 799 g/mol. The maximum Gasteiger partial charge on any atom is 0.510 e. The molecule has 0 fully saturated rings. The first-order valence-corrected chi connectivity index (χ1v) is 19.0. The van der Waals surface area contributed by atoms with E-state index in [4.69, 9.17) is 29.7 Å². The Morgan fingerprint density at radius 3 is 2.48 bits per heavy atom. The Hall–Kier alpha value is -6.33. The van der Waals surface area contributed by atoms with Crippen LogP contribution in [-0.4, -0.2) is 77.4 Å². The van der Waals surface area contributed by atoms with Crippen molar-refractivity contribution in [3.8, 4) is 17.1 Å². The standard InChI is InChI=1S/C41H46N6O11/c1-4-26-27-16-25(48)13-14-31(27)46-36-28(26)18-47-33(36)17-30-29(38(47)52)20-56-39(53)41(30,5-2)58-40(54)57-19-23-9-11-24(12-10-23)44-37(51)32(8-6-7-15-42)45-35(50)22-55-21-34(49)43-3/h9-14,16-17,32,48H,4-8,15,18-22,42H2,1-3H3,(H,43,49)(H,44,51)(H,45,50)/t32-,41-/m0/s1. The van der Waals surface area contributed by atoms with E-state index < -0.39 is 53.7 Å². The summed E-state index contributed by atoms with van der Waals surface area (Å²) >= 11 is 0. The summed E-state index contributed by atoms with van der Waals surface area (Å²) in [5.74, 6) is -2.17. The molecule has 4 heterocycles. The highest BCUT2D eigenvalue weighted by Gasteiger charge is 2.51. The molecule has 6 rings (SSSR count). The van der Waals surface area contributed by atoms with Gasteiger partial charge in [0.1, 0.15) is 38.2 Å². The molecular formula is C41H46N6O11. The zero-order valence-electron chi connectivity index (χ0n) is 32.5. The molecule has 2 aromatic heterocycles. The summed E-state index contributed by atoms with van der Waals surface area (Å²) in [6, 6.07) is 12.1. The van der Waals surface area contributed by atoms with Crippen LogP contribution in [-0.2, 0) is 69.9 Å². The van der Waals surface area contributed by atoms with Crippen LogP contribution in [0.4, 0.5) is 10.5 Å². The quantitative estimate of drug-likeness (QED) is 0.0714. The molecule has 17 nitrogen and oxygen atoms in total. The van der Waals surface area contributed by atoms with Crippen LogP contribution in [0, 0.1) is 0 Å². The van der Waals surface area contributed by atoms with E-state index in [0.29, 0.717) is 60.4 Å². The number of nitrogens with two attached hydrogens (primary N) is 1. The fourth-order valence-electron chi connectivity index (χ4n) is 7.24. The van der Waals surface area contributed by atoms with Crippen molar-refractivity contribution in [1.82, 2.24) is 20.2 Å². The van der Waals surface area contributed by atoms with Gasteiger partial charge in [-0.25, -0.2) is 14.6 Å². The molecular weight excluding hydrogens is 752 g/mol. The van der Waals surface area contributed by atoms with Crippen LogP contribution in [0.15, 0.2) is 53.3 Å². The number of rotatable bonds is 16. The molecule has 2 aliphatic heterocycles. The first-order chi connectivity index (χ1) is 27.9. The number of unbranched alkanes of at least 4 members (excludes halogenated alkanes) is 1. The van der Waals surface area contributed by atoms with Crippen LogP contribution in [0.2, 0.25) is 0 Å². The Morgan fingerprint density at radius 1 is 1.02 bits per heavy atom. The first kappa shape index (κ1) is 41.3. The summed E-state index contributed by atoms with van der Waals surface area (Å²) in [4.78, 5) is 82.6. The first-order valence-electron chi connectivity index (χ1n) is 19.0. The van der Waals surface area contributed by atoms with Gasteiger partial charge < -0.3 is 50.3 Å². The minimum atomic E-state index is -1.97. The Labute approximate surface area is 333 Å². The summed E-state index contributed by atoms with van der Waals surface area (Å²) in [5.41, 5.74) is 7.99. The van der Waals surface area contributed by atoms with Gasteiger partial charge in [0.25, 0.3) is 5.56 Å². The van der Waals surface area contributed by atoms with Gasteiger partial charge in [0.05, 0.1) is 29.0 Å². The number of aromatic hydroxyl groups is 1. The molecule has 0 saturated heterocycles. The van der Waals surface area contributed by atoms with E-state index in [1.54, 1.807) is 60.0 Å². The molecule has 0 spiro atoms. The number of anilines is 1. The van der Waals surface area contributed by atoms with Gasteiger partial charge in [-0.1, -0.05) is 26.0 Å². The molecule has 3 amide bonds. The lowest BCUT2D eigenvalue weighted by Gasteiger charge is -2.35. The van der Waals surface area contributed by atoms with Crippen molar-refractivity contribution in [3.05, 3.63) is 86.7 Å². The molecule has 0 aliphatic carbocycles. The number of cyclic esters (lactones) is 1. The second-order valence-corrected chi connectivity index (χ2v) is 13.9. The van der Waals surface area contributed by atoms with E-state index in [9.17, 15) is 33.9 Å².